The van der Waals surface area contributed by atoms with E-state index in [9.17, 15) is 0 Å². The molecule has 0 aromatic carbocycles. The molecule has 2 heteroatoms. The summed E-state index contributed by atoms with van der Waals surface area (Å²) >= 11 is 0. The number of nitrogens with one attached hydrogen (secondary N) is 1. The van der Waals surface area contributed by atoms with Crippen LogP contribution in [-0.2, 0) is 0 Å². The summed E-state index contributed by atoms with van der Waals surface area (Å²) in [6, 6.07) is 2.30. The molecule has 1 aliphatic heterocycles. The second-order valence-electron chi connectivity index (χ2n) is 5.55. The van der Waals surface area contributed by atoms with Crippen LogP contribution < -0.4 is 5.32 Å². The van der Waals surface area contributed by atoms with Crippen molar-refractivity contribution in [3.63, 3.8) is 0 Å². The third-order valence-electron chi connectivity index (χ3n) is 4.17. The van der Waals surface area contributed by atoms with Gasteiger partial charge in [0, 0.05) is 18.1 Å². The lowest BCUT2D eigenvalue weighted by Crippen LogP contribution is -2.44. The fourth-order valence-electron chi connectivity index (χ4n) is 2.80. The molecule has 16 heavy (non-hydrogen) atoms. The monoisotopic (exact) mass is 226 g/mol. The molecule has 0 spiro atoms. The number of rotatable bonds is 6. The van der Waals surface area contributed by atoms with Crippen LogP contribution in [0.3, 0.4) is 0 Å². The minimum atomic E-state index is 0.677. The van der Waals surface area contributed by atoms with E-state index >= 15 is 0 Å². The second-order valence-corrected chi connectivity index (χ2v) is 5.55. The van der Waals surface area contributed by atoms with Crippen molar-refractivity contribution in [3.8, 4) is 0 Å². The predicted octanol–water partition coefficient (Wildman–Crippen LogP) is 3.03. The quantitative estimate of drug-likeness (QED) is 0.700. The van der Waals surface area contributed by atoms with E-state index in [0.29, 0.717) is 6.04 Å². The van der Waals surface area contributed by atoms with E-state index < -0.39 is 0 Å². The molecule has 0 aromatic heterocycles. The van der Waals surface area contributed by atoms with Gasteiger partial charge in [0.1, 0.15) is 0 Å². The van der Waals surface area contributed by atoms with Crippen LogP contribution in [-0.4, -0.2) is 36.6 Å². The molecule has 3 unspecified atom stereocenters. The Labute approximate surface area is 102 Å². The molecule has 96 valence electrons. The van der Waals surface area contributed by atoms with Crippen molar-refractivity contribution >= 4 is 0 Å². The summed E-state index contributed by atoms with van der Waals surface area (Å²) in [5.41, 5.74) is 0. The average Bonchev–Trinajstić information content (AvgIpc) is 2.27. The highest BCUT2D eigenvalue weighted by Gasteiger charge is 2.23. The number of hydrogen-bond donors (Lipinski definition) is 1. The van der Waals surface area contributed by atoms with Gasteiger partial charge in [-0.05, 0) is 60.0 Å². The van der Waals surface area contributed by atoms with Gasteiger partial charge in [0.2, 0.25) is 0 Å². The van der Waals surface area contributed by atoms with Gasteiger partial charge in [0.15, 0.2) is 0 Å². The first-order chi connectivity index (χ1) is 7.65. The summed E-state index contributed by atoms with van der Waals surface area (Å²) in [5, 5.41) is 3.31. The zero-order valence-corrected chi connectivity index (χ0v) is 11.6. The van der Waals surface area contributed by atoms with E-state index in [1.807, 2.05) is 0 Å². The lowest BCUT2D eigenvalue weighted by molar-refractivity contribution is 0.101. The normalized spacial score (nSPS) is 29.2. The van der Waals surface area contributed by atoms with Crippen LogP contribution in [0.4, 0.5) is 0 Å². The van der Waals surface area contributed by atoms with Gasteiger partial charge in [-0.3, -0.25) is 4.90 Å². The van der Waals surface area contributed by atoms with Gasteiger partial charge < -0.3 is 5.32 Å². The Kier molecular flexibility index (Phi) is 6.37. The Morgan fingerprint density at radius 1 is 1.19 bits per heavy atom. The first kappa shape index (κ1) is 14.0. The van der Waals surface area contributed by atoms with Gasteiger partial charge in [0.25, 0.3) is 0 Å². The molecule has 0 saturated carbocycles. The molecular weight excluding hydrogens is 196 g/mol. The van der Waals surface area contributed by atoms with Crippen molar-refractivity contribution in [2.24, 2.45) is 0 Å². The highest BCUT2D eigenvalue weighted by molar-refractivity contribution is 4.79. The molecule has 0 aromatic rings. The molecule has 1 N–H and O–H groups in total. The van der Waals surface area contributed by atoms with E-state index in [1.54, 1.807) is 0 Å². The van der Waals surface area contributed by atoms with Gasteiger partial charge in [-0.1, -0.05) is 12.8 Å². The van der Waals surface area contributed by atoms with Crippen molar-refractivity contribution in [2.45, 2.75) is 77.4 Å². The van der Waals surface area contributed by atoms with Gasteiger partial charge >= 0.3 is 0 Å². The predicted molar refractivity (Wildman–Crippen MR) is 71.9 cm³/mol. The minimum Gasteiger partial charge on any atom is -0.317 e. The van der Waals surface area contributed by atoms with E-state index in [0.717, 1.165) is 12.1 Å². The highest BCUT2D eigenvalue weighted by Crippen LogP contribution is 2.22. The summed E-state index contributed by atoms with van der Waals surface area (Å²) < 4.78 is 0. The molecule has 1 rings (SSSR count). The van der Waals surface area contributed by atoms with E-state index in [1.165, 1.54) is 45.1 Å². The van der Waals surface area contributed by atoms with Gasteiger partial charge in [-0.2, -0.15) is 0 Å². The molecule has 1 aliphatic rings. The van der Waals surface area contributed by atoms with E-state index in [-0.39, 0.29) is 0 Å². The number of piperidine rings is 1. The molecule has 1 heterocycles. The Bertz CT molecular complexity index is 172. The summed E-state index contributed by atoms with van der Waals surface area (Å²) in [5.74, 6) is 0. The molecule has 3 atom stereocenters. The van der Waals surface area contributed by atoms with Crippen LogP contribution in [0.1, 0.15) is 59.3 Å². The third kappa shape index (κ3) is 4.42. The topological polar surface area (TPSA) is 15.3 Å². The molecule has 0 bridgehead atoms. The summed E-state index contributed by atoms with van der Waals surface area (Å²) in [4.78, 5) is 2.72. The molecule has 1 fully saturated rings. The summed E-state index contributed by atoms with van der Waals surface area (Å²) in [7, 11) is 2.06. The van der Waals surface area contributed by atoms with Crippen LogP contribution in [0.25, 0.3) is 0 Å². The number of unbranched alkanes of at least 4 members (excludes halogenated alkanes) is 1. The fourth-order valence-corrected chi connectivity index (χ4v) is 2.80. The first-order valence-electron chi connectivity index (χ1n) is 7.08. The SMILES string of the molecule is CNC(C)CCCCN1C(C)CCCC1C. The molecule has 0 amide bonds. The smallest absolute Gasteiger partial charge is 0.00697 e. The maximum absolute atomic E-state index is 3.31. The largest absolute Gasteiger partial charge is 0.317 e. The zero-order chi connectivity index (χ0) is 12.0. The van der Waals surface area contributed by atoms with Gasteiger partial charge in [0.05, 0.1) is 0 Å². The first-order valence-corrected chi connectivity index (χ1v) is 7.08. The fraction of sp³-hybridized carbons (Fsp3) is 1.00. The van der Waals surface area contributed by atoms with Crippen molar-refractivity contribution in [3.05, 3.63) is 0 Å². The van der Waals surface area contributed by atoms with Crippen LogP contribution in [0, 0.1) is 0 Å². The van der Waals surface area contributed by atoms with Crippen molar-refractivity contribution in [1.82, 2.24) is 10.2 Å². The second kappa shape index (κ2) is 7.29. The molecule has 1 saturated heterocycles. The highest BCUT2D eigenvalue weighted by atomic mass is 15.2. The van der Waals surface area contributed by atoms with Gasteiger partial charge in [-0.15, -0.1) is 0 Å². The van der Waals surface area contributed by atoms with Crippen LogP contribution in [0.15, 0.2) is 0 Å². The zero-order valence-electron chi connectivity index (χ0n) is 11.6. The third-order valence-corrected chi connectivity index (χ3v) is 4.17. The maximum Gasteiger partial charge on any atom is 0.00697 e. The summed E-state index contributed by atoms with van der Waals surface area (Å²) in [6.45, 7) is 8.36. The lowest BCUT2D eigenvalue weighted by Gasteiger charge is -2.39. The van der Waals surface area contributed by atoms with Crippen molar-refractivity contribution < 1.29 is 0 Å². The van der Waals surface area contributed by atoms with Crippen LogP contribution >= 0.6 is 0 Å². The minimum absolute atomic E-state index is 0.677. The Hall–Kier alpha value is -0.0800. The average molecular weight is 226 g/mol. The van der Waals surface area contributed by atoms with Crippen molar-refractivity contribution in [1.29, 1.82) is 0 Å². The molecule has 2 nitrogen and oxygen atoms in total. The maximum atomic E-state index is 3.31. The number of nitrogens with zero attached hydrogens (tertiary/aromatic N) is 1. The van der Waals surface area contributed by atoms with Gasteiger partial charge in [-0.25, -0.2) is 0 Å². The number of likely N-dealkylation sites (tertiary alicyclic amines) is 1. The Morgan fingerprint density at radius 3 is 2.38 bits per heavy atom. The van der Waals surface area contributed by atoms with E-state index in [2.05, 4.69) is 38.0 Å². The standard InChI is InChI=1S/C14H30N2/c1-12(15-4)8-5-6-11-16-13(2)9-7-10-14(16)3/h12-15H,5-11H2,1-4H3. The lowest BCUT2D eigenvalue weighted by atomic mass is 9.97. The molecule has 0 aliphatic carbocycles. The molecular formula is C14H30N2. The molecule has 0 radical (unpaired) electrons. The Balaban J connectivity index is 2.15. The van der Waals surface area contributed by atoms with Crippen LogP contribution in [0.2, 0.25) is 0 Å². The van der Waals surface area contributed by atoms with E-state index in [4.69, 9.17) is 0 Å². The number of hydrogen-bond acceptors (Lipinski definition) is 2. The van der Waals surface area contributed by atoms with Crippen molar-refractivity contribution in [2.75, 3.05) is 13.6 Å². The van der Waals surface area contributed by atoms with Crippen LogP contribution in [0.5, 0.6) is 0 Å². The Morgan fingerprint density at radius 2 is 1.81 bits per heavy atom. The summed E-state index contributed by atoms with van der Waals surface area (Å²) in [6.07, 6.45) is 8.26.